The summed E-state index contributed by atoms with van der Waals surface area (Å²) >= 11 is 0. The van der Waals surface area contributed by atoms with Crippen LogP contribution in [-0.4, -0.2) is 35.6 Å². The number of hydrogen-bond donors (Lipinski definition) is 1. The molecular weight excluding hydrogens is 241 g/mol. The van der Waals surface area contributed by atoms with Gasteiger partial charge in [-0.3, -0.25) is 4.98 Å². The minimum Gasteiger partial charge on any atom is -0.309 e. The second kappa shape index (κ2) is 6.96. The molecule has 1 aromatic heterocycles. The lowest BCUT2D eigenvalue weighted by Gasteiger charge is -2.24. The Labute approximate surface area is 115 Å². The molecule has 1 atom stereocenters. The van der Waals surface area contributed by atoms with E-state index in [1.54, 1.807) is 6.07 Å². The zero-order chi connectivity index (χ0) is 13.7. The van der Waals surface area contributed by atoms with E-state index in [9.17, 15) is 4.39 Å². The van der Waals surface area contributed by atoms with Crippen LogP contribution in [0.4, 0.5) is 4.39 Å². The van der Waals surface area contributed by atoms with Gasteiger partial charge in [0.25, 0.3) is 0 Å². The smallest absolute Gasteiger partial charge is 0.141 e. The predicted octanol–water partition coefficient (Wildman–Crippen LogP) is 2.75. The molecule has 0 amide bonds. The summed E-state index contributed by atoms with van der Waals surface area (Å²) in [7, 11) is 0. The van der Waals surface area contributed by atoms with Crippen molar-refractivity contribution >= 4 is 0 Å². The van der Waals surface area contributed by atoms with Gasteiger partial charge >= 0.3 is 0 Å². The molecule has 1 fully saturated rings. The number of pyridine rings is 1. The highest BCUT2D eigenvalue weighted by Crippen LogP contribution is 2.27. The molecule has 1 saturated carbocycles. The van der Waals surface area contributed by atoms with Crippen molar-refractivity contribution in [1.82, 2.24) is 15.2 Å². The summed E-state index contributed by atoms with van der Waals surface area (Å²) in [5.41, 5.74) is 0.940. The summed E-state index contributed by atoms with van der Waals surface area (Å²) in [5.74, 6) is -0.271. The molecule has 1 aliphatic carbocycles. The van der Waals surface area contributed by atoms with Crippen LogP contribution >= 0.6 is 0 Å². The molecule has 0 spiro atoms. The van der Waals surface area contributed by atoms with Gasteiger partial charge in [0.1, 0.15) is 5.82 Å². The highest BCUT2D eigenvalue weighted by molar-refractivity contribution is 5.10. The minimum absolute atomic E-state index is 0.221. The molecule has 19 heavy (non-hydrogen) atoms. The first-order valence-electron chi connectivity index (χ1n) is 7.33. The average molecular weight is 265 g/mol. The third kappa shape index (κ3) is 4.25. The highest BCUT2D eigenvalue weighted by Gasteiger charge is 2.28. The lowest BCUT2D eigenvalue weighted by molar-refractivity contribution is 0.259. The van der Waals surface area contributed by atoms with Gasteiger partial charge in [0.05, 0.1) is 17.9 Å². The molecule has 0 saturated heterocycles. The topological polar surface area (TPSA) is 28.2 Å². The first-order valence-corrected chi connectivity index (χ1v) is 7.33. The maximum Gasteiger partial charge on any atom is 0.141 e. The maximum atomic E-state index is 12.9. The molecule has 0 aromatic carbocycles. The Hall–Kier alpha value is -1.00. The van der Waals surface area contributed by atoms with Crippen molar-refractivity contribution in [3.05, 3.63) is 29.8 Å². The van der Waals surface area contributed by atoms with E-state index in [2.05, 4.69) is 29.0 Å². The first-order chi connectivity index (χ1) is 9.24. The molecule has 106 valence electrons. The van der Waals surface area contributed by atoms with E-state index in [0.717, 1.165) is 37.8 Å². The van der Waals surface area contributed by atoms with Crippen LogP contribution in [0.15, 0.2) is 18.3 Å². The van der Waals surface area contributed by atoms with E-state index in [4.69, 9.17) is 0 Å². The molecule has 4 heteroatoms. The van der Waals surface area contributed by atoms with Crippen LogP contribution in [0, 0.1) is 5.82 Å². The number of halogens is 1. The summed E-state index contributed by atoms with van der Waals surface area (Å²) in [6, 6.07) is 4.30. The summed E-state index contributed by atoms with van der Waals surface area (Å²) in [4.78, 5) is 6.74. The molecule has 0 aliphatic heterocycles. The van der Waals surface area contributed by atoms with E-state index in [1.165, 1.54) is 25.1 Å². The van der Waals surface area contributed by atoms with Gasteiger partial charge in [-0.1, -0.05) is 13.8 Å². The quantitative estimate of drug-likeness (QED) is 0.783. The number of rotatable bonds is 8. The second-order valence-corrected chi connectivity index (χ2v) is 5.16. The summed E-state index contributed by atoms with van der Waals surface area (Å²) < 4.78 is 12.9. The van der Waals surface area contributed by atoms with Gasteiger partial charge < -0.3 is 10.2 Å². The molecule has 1 heterocycles. The van der Waals surface area contributed by atoms with Gasteiger partial charge in [0, 0.05) is 12.6 Å². The number of aromatic nitrogens is 1. The summed E-state index contributed by atoms with van der Waals surface area (Å²) in [6.07, 6.45) is 5.01. The van der Waals surface area contributed by atoms with Gasteiger partial charge in [-0.05, 0) is 44.5 Å². The molecule has 3 nitrogen and oxygen atoms in total. The van der Waals surface area contributed by atoms with Crippen LogP contribution in [0.5, 0.6) is 0 Å². The zero-order valence-electron chi connectivity index (χ0n) is 11.9. The van der Waals surface area contributed by atoms with Crippen molar-refractivity contribution in [3.63, 3.8) is 0 Å². The fourth-order valence-electron chi connectivity index (χ4n) is 2.53. The standard InChI is InChI=1S/C15H24FN3/c1-3-17-15(14-8-5-12(16)11-18-14)9-10-19(4-2)13-6-7-13/h5,8,11,13,15,17H,3-4,6-7,9-10H2,1-2H3. The number of nitrogens with zero attached hydrogens (tertiary/aromatic N) is 2. The van der Waals surface area contributed by atoms with Crippen molar-refractivity contribution in [2.75, 3.05) is 19.6 Å². The van der Waals surface area contributed by atoms with Crippen molar-refractivity contribution in [2.45, 2.75) is 45.2 Å². The monoisotopic (exact) mass is 265 g/mol. The molecule has 0 radical (unpaired) electrons. The van der Waals surface area contributed by atoms with Crippen LogP contribution in [0.25, 0.3) is 0 Å². The Morgan fingerprint density at radius 3 is 2.74 bits per heavy atom. The van der Waals surface area contributed by atoms with Crippen molar-refractivity contribution in [3.8, 4) is 0 Å². The van der Waals surface area contributed by atoms with Crippen molar-refractivity contribution in [2.24, 2.45) is 0 Å². The van der Waals surface area contributed by atoms with Crippen LogP contribution in [-0.2, 0) is 0 Å². The zero-order valence-corrected chi connectivity index (χ0v) is 11.9. The van der Waals surface area contributed by atoms with Crippen molar-refractivity contribution < 1.29 is 4.39 Å². The minimum atomic E-state index is -0.271. The molecule has 0 bridgehead atoms. The number of nitrogens with one attached hydrogen (secondary N) is 1. The maximum absolute atomic E-state index is 12.9. The third-order valence-electron chi connectivity index (χ3n) is 3.73. The van der Waals surface area contributed by atoms with Gasteiger partial charge in [0.2, 0.25) is 0 Å². The number of hydrogen-bond acceptors (Lipinski definition) is 3. The normalized spacial score (nSPS) is 16.8. The Bertz CT molecular complexity index is 375. The predicted molar refractivity (Wildman–Crippen MR) is 75.5 cm³/mol. The van der Waals surface area contributed by atoms with E-state index in [1.807, 2.05) is 0 Å². The van der Waals surface area contributed by atoms with Gasteiger partial charge in [-0.25, -0.2) is 4.39 Å². The van der Waals surface area contributed by atoms with Crippen LogP contribution in [0.2, 0.25) is 0 Å². The van der Waals surface area contributed by atoms with E-state index in [-0.39, 0.29) is 11.9 Å². The van der Waals surface area contributed by atoms with Crippen LogP contribution < -0.4 is 5.32 Å². The first kappa shape index (κ1) is 14.4. The Balaban J connectivity index is 1.93. The van der Waals surface area contributed by atoms with Crippen LogP contribution in [0.3, 0.4) is 0 Å². The molecule has 1 aliphatic rings. The van der Waals surface area contributed by atoms with E-state index in [0.29, 0.717) is 0 Å². The molecular formula is C15H24FN3. The Morgan fingerprint density at radius 2 is 2.21 bits per heavy atom. The van der Waals surface area contributed by atoms with E-state index < -0.39 is 0 Å². The molecule has 1 unspecified atom stereocenters. The lowest BCUT2D eigenvalue weighted by atomic mass is 10.1. The molecule has 2 rings (SSSR count). The van der Waals surface area contributed by atoms with Gasteiger partial charge in [0.15, 0.2) is 0 Å². The van der Waals surface area contributed by atoms with Gasteiger partial charge in [-0.15, -0.1) is 0 Å². The largest absolute Gasteiger partial charge is 0.309 e. The Morgan fingerprint density at radius 1 is 1.42 bits per heavy atom. The fraction of sp³-hybridized carbons (Fsp3) is 0.667. The van der Waals surface area contributed by atoms with Crippen molar-refractivity contribution in [1.29, 1.82) is 0 Å². The fourth-order valence-corrected chi connectivity index (χ4v) is 2.53. The van der Waals surface area contributed by atoms with Gasteiger partial charge in [-0.2, -0.15) is 0 Å². The average Bonchev–Trinajstić information content (AvgIpc) is 3.24. The third-order valence-corrected chi connectivity index (χ3v) is 3.73. The second-order valence-electron chi connectivity index (χ2n) is 5.16. The Kier molecular flexibility index (Phi) is 5.28. The van der Waals surface area contributed by atoms with Crippen LogP contribution in [0.1, 0.15) is 44.8 Å². The summed E-state index contributed by atoms with van der Waals surface area (Å²) in [5, 5.41) is 3.45. The SMILES string of the molecule is CCNC(CCN(CC)C1CC1)c1ccc(F)cn1. The highest BCUT2D eigenvalue weighted by atomic mass is 19.1. The summed E-state index contributed by atoms with van der Waals surface area (Å²) in [6.45, 7) is 7.41. The lowest BCUT2D eigenvalue weighted by Crippen LogP contribution is -2.31. The molecule has 1 N–H and O–H groups in total. The van der Waals surface area contributed by atoms with E-state index >= 15 is 0 Å². The molecule has 1 aromatic rings.